The van der Waals surface area contributed by atoms with E-state index in [1.165, 1.54) is 12.2 Å². The van der Waals surface area contributed by atoms with Crippen LogP contribution < -0.4 is 9.64 Å². The summed E-state index contributed by atoms with van der Waals surface area (Å²) in [5.74, 6) is -2.76. The van der Waals surface area contributed by atoms with E-state index >= 15 is 0 Å². The number of ether oxygens (including phenoxy) is 1. The van der Waals surface area contributed by atoms with Gasteiger partial charge in [0, 0.05) is 11.0 Å². The largest absolute Gasteiger partial charge is 0.573 e. The van der Waals surface area contributed by atoms with Gasteiger partial charge in [0.25, 0.3) is 0 Å². The van der Waals surface area contributed by atoms with Gasteiger partial charge in [-0.3, -0.25) is 9.69 Å². The molecule has 0 aliphatic carbocycles. The Morgan fingerprint density at radius 2 is 1.87 bits per heavy atom. The van der Waals surface area contributed by atoms with Crippen LogP contribution in [0, 0.1) is 0 Å². The van der Waals surface area contributed by atoms with E-state index in [2.05, 4.69) is 20.7 Å². The van der Waals surface area contributed by atoms with E-state index in [4.69, 9.17) is 0 Å². The lowest BCUT2D eigenvalue weighted by molar-refractivity contribution is -0.274. The van der Waals surface area contributed by atoms with Crippen molar-refractivity contribution in [2.75, 3.05) is 11.4 Å². The number of rotatable bonds is 4. The Bertz CT molecular complexity index is 597. The number of amides is 1. The van der Waals surface area contributed by atoms with Crippen LogP contribution >= 0.6 is 15.9 Å². The molecule has 1 aromatic carbocycles. The van der Waals surface area contributed by atoms with Crippen LogP contribution in [0.4, 0.5) is 32.0 Å². The van der Waals surface area contributed by atoms with Gasteiger partial charge in [0.1, 0.15) is 5.75 Å². The summed E-state index contributed by atoms with van der Waals surface area (Å²) in [6, 6.07) is 2.58. The molecule has 0 aliphatic rings. The molecule has 0 saturated heterocycles. The van der Waals surface area contributed by atoms with Crippen molar-refractivity contribution < 1.29 is 35.9 Å². The molecule has 128 valence electrons. The Morgan fingerprint density at radius 1 is 1.26 bits per heavy atom. The SMILES string of the molecule is CC=CCN(C(=O)C(F)(F)F)c1ccc(OC(F)(F)F)cc1Br. The Hall–Kier alpha value is -1.71. The predicted octanol–water partition coefficient (Wildman–Crippen LogP) is 4.82. The highest BCUT2D eigenvalue weighted by molar-refractivity contribution is 9.10. The van der Waals surface area contributed by atoms with Crippen molar-refractivity contribution in [2.24, 2.45) is 0 Å². The highest BCUT2D eigenvalue weighted by Crippen LogP contribution is 2.34. The summed E-state index contributed by atoms with van der Waals surface area (Å²) in [6.07, 6.45) is -7.32. The first-order chi connectivity index (χ1) is 10.5. The monoisotopic (exact) mass is 405 g/mol. The lowest BCUT2D eigenvalue weighted by Gasteiger charge is -2.24. The Kier molecular flexibility index (Phi) is 6.09. The van der Waals surface area contributed by atoms with Gasteiger partial charge >= 0.3 is 18.4 Å². The third-order valence-corrected chi connectivity index (χ3v) is 3.09. The number of hydrogen-bond acceptors (Lipinski definition) is 2. The number of benzene rings is 1. The Balaban J connectivity index is 3.19. The number of carbonyl (C=O) groups is 1. The summed E-state index contributed by atoms with van der Waals surface area (Å²) in [6.45, 7) is 1.15. The van der Waals surface area contributed by atoms with Gasteiger partial charge in [-0.05, 0) is 41.1 Å². The number of alkyl halides is 6. The summed E-state index contributed by atoms with van der Waals surface area (Å²) in [5, 5.41) is 0. The number of carbonyl (C=O) groups excluding carboxylic acids is 1. The molecule has 0 N–H and O–H groups in total. The Labute approximate surface area is 135 Å². The van der Waals surface area contributed by atoms with Crippen molar-refractivity contribution in [3.05, 3.63) is 34.8 Å². The van der Waals surface area contributed by atoms with Crippen molar-refractivity contribution in [1.29, 1.82) is 0 Å². The lowest BCUT2D eigenvalue weighted by Crippen LogP contribution is -2.41. The van der Waals surface area contributed by atoms with Gasteiger partial charge in [-0.1, -0.05) is 12.2 Å². The Morgan fingerprint density at radius 3 is 2.30 bits per heavy atom. The van der Waals surface area contributed by atoms with Crippen LogP contribution in [0.3, 0.4) is 0 Å². The first-order valence-corrected chi connectivity index (χ1v) is 6.80. The van der Waals surface area contributed by atoms with Crippen LogP contribution in [0.1, 0.15) is 6.92 Å². The average molecular weight is 406 g/mol. The second kappa shape index (κ2) is 7.24. The van der Waals surface area contributed by atoms with Crippen molar-refractivity contribution in [2.45, 2.75) is 19.5 Å². The summed E-state index contributed by atoms with van der Waals surface area (Å²) in [5.41, 5.74) is -0.236. The second-order valence-electron chi connectivity index (χ2n) is 4.14. The zero-order chi connectivity index (χ0) is 17.8. The van der Waals surface area contributed by atoms with Crippen LogP contribution in [0.25, 0.3) is 0 Å². The molecule has 0 fully saturated rings. The molecule has 0 bridgehead atoms. The fourth-order valence-electron chi connectivity index (χ4n) is 1.56. The van der Waals surface area contributed by atoms with E-state index < -0.39 is 30.7 Å². The van der Waals surface area contributed by atoms with E-state index in [1.807, 2.05) is 0 Å². The van der Waals surface area contributed by atoms with Gasteiger partial charge in [-0.15, -0.1) is 13.2 Å². The zero-order valence-corrected chi connectivity index (χ0v) is 13.1. The minimum Gasteiger partial charge on any atom is -0.406 e. The molecular formula is C13H10BrF6NO2. The maximum atomic E-state index is 12.6. The summed E-state index contributed by atoms with van der Waals surface area (Å²) >= 11 is 2.85. The van der Waals surface area contributed by atoms with Crippen LogP contribution in [0.2, 0.25) is 0 Å². The molecule has 1 amide bonds. The topological polar surface area (TPSA) is 29.5 Å². The molecule has 1 aromatic rings. The van der Waals surface area contributed by atoms with Gasteiger partial charge in [-0.25, -0.2) is 0 Å². The molecule has 0 atom stereocenters. The van der Waals surface area contributed by atoms with Gasteiger partial charge in [0.2, 0.25) is 0 Å². The molecule has 0 saturated carbocycles. The number of nitrogens with zero attached hydrogens (tertiary/aromatic N) is 1. The third kappa shape index (κ3) is 5.77. The lowest BCUT2D eigenvalue weighted by atomic mass is 10.2. The first kappa shape index (κ1) is 19.3. The molecule has 1 rings (SSSR count). The number of allylic oxidation sites excluding steroid dienone is 1. The van der Waals surface area contributed by atoms with Crippen LogP contribution in [0.15, 0.2) is 34.8 Å². The summed E-state index contributed by atoms with van der Waals surface area (Å²) in [7, 11) is 0. The highest BCUT2D eigenvalue weighted by Gasteiger charge is 2.43. The predicted molar refractivity (Wildman–Crippen MR) is 74.0 cm³/mol. The average Bonchev–Trinajstić information content (AvgIpc) is 2.37. The third-order valence-electron chi connectivity index (χ3n) is 2.45. The fraction of sp³-hybridized carbons (Fsp3) is 0.308. The molecule has 0 spiro atoms. The number of anilines is 1. The second-order valence-corrected chi connectivity index (χ2v) is 5.00. The van der Waals surface area contributed by atoms with E-state index in [0.29, 0.717) is 4.90 Å². The van der Waals surface area contributed by atoms with Crippen molar-refractivity contribution in [3.8, 4) is 5.75 Å². The van der Waals surface area contributed by atoms with Crippen LogP contribution in [-0.4, -0.2) is 25.0 Å². The van der Waals surface area contributed by atoms with Crippen molar-refractivity contribution in [3.63, 3.8) is 0 Å². The molecule has 23 heavy (non-hydrogen) atoms. The van der Waals surface area contributed by atoms with E-state index in [0.717, 1.165) is 18.2 Å². The number of hydrogen-bond donors (Lipinski definition) is 0. The standard InChI is InChI=1S/C13H10BrF6NO2/c1-2-3-6-21(11(22)12(15,16)17)10-5-4-8(7-9(10)14)23-13(18,19)20/h2-5,7H,6H2,1H3. The molecular weight excluding hydrogens is 396 g/mol. The van der Waals surface area contributed by atoms with E-state index in [1.54, 1.807) is 6.92 Å². The smallest absolute Gasteiger partial charge is 0.406 e. The highest BCUT2D eigenvalue weighted by atomic mass is 79.9. The molecule has 3 nitrogen and oxygen atoms in total. The maximum Gasteiger partial charge on any atom is 0.573 e. The molecule has 0 radical (unpaired) electrons. The van der Waals surface area contributed by atoms with Gasteiger partial charge in [0.15, 0.2) is 0 Å². The van der Waals surface area contributed by atoms with Crippen LogP contribution in [0.5, 0.6) is 5.75 Å². The van der Waals surface area contributed by atoms with Gasteiger partial charge < -0.3 is 4.74 Å². The maximum absolute atomic E-state index is 12.6. The minimum absolute atomic E-state index is 0.152. The van der Waals surface area contributed by atoms with Crippen molar-refractivity contribution >= 4 is 27.5 Å². The zero-order valence-electron chi connectivity index (χ0n) is 11.5. The number of halogens is 7. The molecule has 0 aromatic heterocycles. The van der Waals surface area contributed by atoms with Crippen LogP contribution in [-0.2, 0) is 4.79 Å². The molecule has 0 unspecified atom stereocenters. The van der Waals surface area contributed by atoms with E-state index in [-0.39, 0.29) is 10.2 Å². The molecule has 0 aliphatic heterocycles. The first-order valence-electron chi connectivity index (χ1n) is 6.01. The fourth-order valence-corrected chi connectivity index (χ4v) is 2.13. The van der Waals surface area contributed by atoms with Gasteiger partial charge in [-0.2, -0.15) is 13.2 Å². The normalized spacial score (nSPS) is 12.5. The summed E-state index contributed by atoms with van der Waals surface area (Å²) in [4.78, 5) is 11.9. The molecule has 10 heteroatoms. The quantitative estimate of drug-likeness (QED) is 0.530. The molecule has 0 heterocycles. The van der Waals surface area contributed by atoms with Gasteiger partial charge in [0.05, 0.1) is 5.69 Å². The summed E-state index contributed by atoms with van der Waals surface area (Å²) < 4.78 is 77.8. The minimum atomic E-state index is -5.12. The van der Waals surface area contributed by atoms with Crippen molar-refractivity contribution in [1.82, 2.24) is 0 Å². The van der Waals surface area contributed by atoms with E-state index in [9.17, 15) is 31.1 Å².